The summed E-state index contributed by atoms with van der Waals surface area (Å²) in [7, 11) is 0. The van der Waals surface area contributed by atoms with Gasteiger partial charge in [0.05, 0.1) is 0 Å². The molecule has 0 aromatic heterocycles. The Balaban J connectivity index is 0.747. The largest absolute Gasteiger partial charge is 0.294 e. The lowest BCUT2D eigenvalue weighted by molar-refractivity contribution is -0.0473. The van der Waals surface area contributed by atoms with E-state index >= 15 is 0 Å². The minimum atomic E-state index is 0.911. The molecule has 0 aliphatic heterocycles. The third kappa shape index (κ3) is 10.7. The molecule has 10 fully saturated rings. The average molecular weight is 840 g/mol. The lowest BCUT2D eigenvalue weighted by atomic mass is 9.65. The summed E-state index contributed by atoms with van der Waals surface area (Å²) in [6, 6.07) is 8.33. The molecule has 0 bridgehead atoms. The van der Waals surface area contributed by atoms with Gasteiger partial charge in [0.25, 0.3) is 0 Å². The van der Waals surface area contributed by atoms with Gasteiger partial charge in [0.15, 0.2) is 0 Å². The molecule has 0 spiro atoms. The Bertz CT molecular complexity index is 1120. The van der Waals surface area contributed by atoms with Crippen molar-refractivity contribution in [2.24, 2.45) is 35.5 Å². The maximum Gasteiger partial charge on any atom is 0.0132 e. The lowest BCUT2D eigenvalue weighted by Crippen LogP contribution is -2.57. The molecule has 10 rings (SSSR count). The highest BCUT2D eigenvalue weighted by molar-refractivity contribution is 5.00. The van der Waals surface area contributed by atoms with Crippen LogP contribution in [0.3, 0.4) is 0 Å². The summed E-state index contributed by atoms with van der Waals surface area (Å²) in [5.74, 6) is 6.29. The predicted molar refractivity (Wildman–Crippen MR) is 259 cm³/mol. The first-order chi connectivity index (χ1) is 30.3. The normalized spacial score (nSPS) is 41.3. The number of hydrogen-bond acceptors (Lipinski definition) is 3. The average Bonchev–Trinajstić information content (AvgIpc) is 3.34. The maximum atomic E-state index is 3.42. The highest BCUT2D eigenvalue weighted by Gasteiger charge is 2.46. The summed E-state index contributed by atoms with van der Waals surface area (Å²) in [6.07, 6.45) is 66.0. The Hall–Kier alpha value is -0.120. The molecular weight excluding hydrogens is 739 g/mol. The molecular formula is C58H101N3. The van der Waals surface area contributed by atoms with Crippen molar-refractivity contribution in [3.63, 3.8) is 0 Å². The molecule has 0 amide bonds. The van der Waals surface area contributed by atoms with E-state index in [1.165, 1.54) is 148 Å². The van der Waals surface area contributed by atoms with Crippen molar-refractivity contribution in [1.29, 1.82) is 0 Å². The fraction of sp³-hybridized carbons (Fsp3) is 1.00. The van der Waals surface area contributed by atoms with Crippen LogP contribution in [0, 0.1) is 35.5 Å². The van der Waals surface area contributed by atoms with Crippen molar-refractivity contribution in [3.05, 3.63) is 0 Å². The van der Waals surface area contributed by atoms with E-state index < -0.39 is 0 Å². The van der Waals surface area contributed by atoms with E-state index in [2.05, 4.69) is 14.7 Å². The molecule has 0 N–H and O–H groups in total. The van der Waals surface area contributed by atoms with Gasteiger partial charge in [-0.1, -0.05) is 109 Å². The second kappa shape index (κ2) is 22.1. The Morgan fingerprint density at radius 2 is 0.426 bits per heavy atom. The van der Waals surface area contributed by atoms with Crippen LogP contribution in [0.4, 0.5) is 0 Å². The molecule has 3 nitrogen and oxygen atoms in total. The van der Waals surface area contributed by atoms with Crippen molar-refractivity contribution >= 4 is 0 Å². The highest BCUT2D eigenvalue weighted by atomic mass is 15.2. The quantitative estimate of drug-likeness (QED) is 0.205. The fourth-order valence-electron chi connectivity index (χ4n) is 18.9. The van der Waals surface area contributed by atoms with Gasteiger partial charge < -0.3 is 0 Å². The molecule has 0 saturated heterocycles. The molecule has 0 heterocycles. The zero-order valence-electron chi connectivity index (χ0n) is 40.4. The van der Waals surface area contributed by atoms with E-state index in [4.69, 9.17) is 0 Å². The minimum absolute atomic E-state index is 0.911. The first-order valence-electron chi connectivity index (χ1n) is 29.6. The van der Waals surface area contributed by atoms with Gasteiger partial charge in [-0.15, -0.1) is 0 Å². The molecule has 348 valence electrons. The fourth-order valence-corrected chi connectivity index (χ4v) is 18.9. The SMILES string of the molecule is C1CCC(N(C2CCCCC2)C2CCC(C3CCC(N(C4CCC(C5CCC(N(C6CCCCC6)C6CCCCC6)CC5)CC4)C4CCCC5CCCCC54)CC3)CC2)CC1. The van der Waals surface area contributed by atoms with Gasteiger partial charge in [0, 0.05) is 54.4 Å². The number of hydrogen-bond donors (Lipinski definition) is 0. The lowest BCUT2D eigenvalue weighted by Gasteiger charge is -2.54. The third-order valence-electron chi connectivity index (χ3n) is 21.9. The van der Waals surface area contributed by atoms with Crippen molar-refractivity contribution < 1.29 is 0 Å². The second-order valence-electron chi connectivity index (χ2n) is 25.0. The Kier molecular flexibility index (Phi) is 16.2. The standard InChI is InChI=1S/C58H101N3/c1-5-18-49(19-6-1)59(50-20-7-2-8-21-50)53-36-28-44(29-37-53)46-32-40-55(41-33-46)61(58-27-15-17-48-16-13-14-26-57(48)58)56-42-34-47(35-43-56)45-30-38-54(39-31-45)60(51-22-9-3-10-23-51)52-24-11-4-12-25-52/h44-58H,1-43H2. The molecule has 0 aromatic rings. The van der Waals surface area contributed by atoms with Gasteiger partial charge in [0.1, 0.15) is 0 Å². The van der Waals surface area contributed by atoms with E-state index in [0.29, 0.717) is 0 Å². The van der Waals surface area contributed by atoms with Crippen LogP contribution in [-0.2, 0) is 0 Å². The van der Waals surface area contributed by atoms with Crippen LogP contribution in [-0.4, -0.2) is 69.1 Å². The molecule has 0 radical (unpaired) electrons. The molecule has 10 saturated carbocycles. The van der Waals surface area contributed by atoms with Crippen LogP contribution in [0.5, 0.6) is 0 Å². The Morgan fingerprint density at radius 3 is 0.770 bits per heavy atom. The van der Waals surface area contributed by atoms with Crippen molar-refractivity contribution in [2.45, 2.75) is 330 Å². The van der Waals surface area contributed by atoms with Crippen molar-refractivity contribution in [2.75, 3.05) is 0 Å². The van der Waals surface area contributed by atoms with Gasteiger partial charge in [-0.3, -0.25) is 14.7 Å². The summed E-state index contributed by atoms with van der Waals surface area (Å²) in [4.78, 5) is 9.88. The summed E-state index contributed by atoms with van der Waals surface area (Å²) in [5, 5.41) is 0. The smallest absolute Gasteiger partial charge is 0.0132 e. The highest BCUT2D eigenvalue weighted by Crippen LogP contribution is 2.50. The summed E-state index contributed by atoms with van der Waals surface area (Å²) in [5.41, 5.74) is 0. The van der Waals surface area contributed by atoms with Crippen molar-refractivity contribution in [1.82, 2.24) is 14.7 Å². The zero-order chi connectivity index (χ0) is 40.8. The number of fused-ring (bicyclic) bond motifs is 1. The zero-order valence-corrected chi connectivity index (χ0v) is 40.4. The van der Waals surface area contributed by atoms with Crippen LogP contribution in [0.25, 0.3) is 0 Å². The molecule has 3 unspecified atom stereocenters. The molecule has 10 aliphatic rings. The third-order valence-corrected chi connectivity index (χ3v) is 21.9. The van der Waals surface area contributed by atoms with E-state index in [-0.39, 0.29) is 0 Å². The van der Waals surface area contributed by atoms with E-state index in [9.17, 15) is 0 Å². The summed E-state index contributed by atoms with van der Waals surface area (Å²) < 4.78 is 0. The van der Waals surface area contributed by atoms with Gasteiger partial charge in [0.2, 0.25) is 0 Å². The van der Waals surface area contributed by atoms with E-state index in [1.807, 2.05) is 0 Å². The van der Waals surface area contributed by atoms with Crippen LogP contribution in [0.2, 0.25) is 0 Å². The molecule has 3 atom stereocenters. The van der Waals surface area contributed by atoms with Crippen LogP contribution < -0.4 is 0 Å². The molecule has 0 aromatic carbocycles. The number of rotatable bonds is 11. The molecule has 10 aliphatic carbocycles. The van der Waals surface area contributed by atoms with Gasteiger partial charge in [-0.05, 0) is 202 Å². The summed E-state index contributed by atoms with van der Waals surface area (Å²) in [6.45, 7) is 0. The predicted octanol–water partition coefficient (Wildman–Crippen LogP) is 15.8. The Morgan fingerprint density at radius 1 is 0.164 bits per heavy atom. The van der Waals surface area contributed by atoms with Crippen molar-refractivity contribution in [3.8, 4) is 0 Å². The first-order valence-corrected chi connectivity index (χ1v) is 29.6. The summed E-state index contributed by atoms with van der Waals surface area (Å²) >= 11 is 0. The number of nitrogens with zero attached hydrogens (tertiary/aromatic N) is 3. The topological polar surface area (TPSA) is 9.72 Å². The van der Waals surface area contributed by atoms with Crippen LogP contribution in [0.1, 0.15) is 276 Å². The van der Waals surface area contributed by atoms with Crippen LogP contribution in [0.15, 0.2) is 0 Å². The van der Waals surface area contributed by atoms with Gasteiger partial charge in [-0.25, -0.2) is 0 Å². The van der Waals surface area contributed by atoms with Gasteiger partial charge in [-0.2, -0.15) is 0 Å². The maximum absolute atomic E-state index is 3.42. The van der Waals surface area contributed by atoms with Gasteiger partial charge >= 0.3 is 0 Å². The van der Waals surface area contributed by atoms with E-state index in [1.54, 1.807) is 128 Å². The van der Waals surface area contributed by atoms with Crippen LogP contribution >= 0.6 is 0 Å². The monoisotopic (exact) mass is 840 g/mol. The first kappa shape index (κ1) is 44.7. The Labute approximate surface area is 379 Å². The molecule has 3 heteroatoms. The van der Waals surface area contributed by atoms with E-state index in [0.717, 1.165) is 89.9 Å². The second-order valence-corrected chi connectivity index (χ2v) is 25.0. The molecule has 61 heavy (non-hydrogen) atoms. The minimum Gasteiger partial charge on any atom is -0.294 e.